The van der Waals surface area contributed by atoms with Gasteiger partial charge in [0.25, 0.3) is 5.95 Å². The summed E-state index contributed by atoms with van der Waals surface area (Å²) in [6.45, 7) is 1.60. The number of hydrogen-bond donors (Lipinski definition) is 3. The molecule has 0 atom stereocenters. The van der Waals surface area contributed by atoms with Gasteiger partial charge in [-0.2, -0.15) is 23.1 Å². The molecular formula is C10H13F3N6. The number of alkyl halides is 3. The Morgan fingerprint density at radius 1 is 1.47 bits per heavy atom. The molecule has 1 aromatic rings. The number of aliphatic imine (C=N–C) groups is 1. The van der Waals surface area contributed by atoms with Crippen LogP contribution >= 0.6 is 0 Å². The van der Waals surface area contributed by atoms with Crippen LogP contribution in [0.4, 0.5) is 24.9 Å². The quantitative estimate of drug-likeness (QED) is 0.571. The van der Waals surface area contributed by atoms with Crippen LogP contribution in [-0.4, -0.2) is 22.9 Å². The highest BCUT2D eigenvalue weighted by atomic mass is 19.4. The molecule has 0 saturated carbocycles. The third-order valence-corrected chi connectivity index (χ3v) is 2.19. The van der Waals surface area contributed by atoms with Crippen LogP contribution in [0, 0.1) is 0 Å². The molecule has 0 aliphatic rings. The largest absolute Gasteiger partial charge is 0.421 e. The molecule has 1 heterocycles. The van der Waals surface area contributed by atoms with Crippen molar-refractivity contribution in [2.45, 2.75) is 13.1 Å². The highest BCUT2D eigenvalue weighted by Gasteiger charge is 2.34. The number of nitrogens with zero attached hydrogens (tertiary/aromatic N) is 3. The number of halogens is 3. The van der Waals surface area contributed by atoms with Gasteiger partial charge in [-0.1, -0.05) is 0 Å². The van der Waals surface area contributed by atoms with Crippen molar-refractivity contribution in [3.8, 4) is 0 Å². The minimum atomic E-state index is -4.54. The van der Waals surface area contributed by atoms with Gasteiger partial charge in [0.2, 0.25) is 0 Å². The van der Waals surface area contributed by atoms with Gasteiger partial charge in [0.15, 0.2) is 0 Å². The molecule has 1 rings (SSSR count). The predicted octanol–water partition coefficient (Wildman–Crippen LogP) is 1.39. The first-order valence-corrected chi connectivity index (χ1v) is 5.14. The highest BCUT2D eigenvalue weighted by Crippen LogP contribution is 2.33. The summed E-state index contributed by atoms with van der Waals surface area (Å²) in [5, 5.41) is 2.34. The average molecular weight is 274 g/mol. The van der Waals surface area contributed by atoms with Crippen LogP contribution in [-0.2, 0) is 6.18 Å². The Kier molecular flexibility index (Phi) is 4.30. The van der Waals surface area contributed by atoms with Crippen LogP contribution in [0.3, 0.4) is 0 Å². The summed E-state index contributed by atoms with van der Waals surface area (Å²) in [5.74, 6) is -0.524. The Morgan fingerprint density at radius 3 is 2.58 bits per heavy atom. The first-order valence-electron chi connectivity index (χ1n) is 5.14. The van der Waals surface area contributed by atoms with Gasteiger partial charge in [-0.15, -0.1) is 0 Å². The van der Waals surface area contributed by atoms with Gasteiger partial charge < -0.3 is 16.8 Å². The van der Waals surface area contributed by atoms with Gasteiger partial charge in [0.1, 0.15) is 17.2 Å². The Morgan fingerprint density at radius 2 is 2.11 bits per heavy atom. The van der Waals surface area contributed by atoms with Crippen LogP contribution < -0.4 is 16.8 Å². The van der Waals surface area contributed by atoms with Crippen molar-refractivity contribution in [2.75, 3.05) is 12.4 Å². The third-order valence-electron chi connectivity index (χ3n) is 2.19. The number of aromatic nitrogens is 2. The molecule has 6 nitrogen and oxygen atoms in total. The Balaban J connectivity index is 3.22. The molecule has 0 unspecified atom stereocenters. The molecule has 9 heteroatoms. The second kappa shape index (κ2) is 5.55. The van der Waals surface area contributed by atoms with E-state index in [1.54, 1.807) is 6.92 Å². The summed E-state index contributed by atoms with van der Waals surface area (Å²) < 4.78 is 37.8. The summed E-state index contributed by atoms with van der Waals surface area (Å²) in [6, 6.07) is 0. The number of amidine groups is 1. The smallest absolute Gasteiger partial charge is 0.404 e. The van der Waals surface area contributed by atoms with Crippen molar-refractivity contribution >= 4 is 17.6 Å². The van der Waals surface area contributed by atoms with Crippen molar-refractivity contribution in [1.29, 1.82) is 0 Å². The fourth-order valence-electron chi connectivity index (χ4n) is 1.11. The summed E-state index contributed by atoms with van der Waals surface area (Å²) >= 11 is 0. The zero-order valence-electron chi connectivity index (χ0n) is 10.3. The zero-order valence-corrected chi connectivity index (χ0v) is 10.3. The van der Waals surface area contributed by atoms with E-state index < -0.39 is 11.7 Å². The van der Waals surface area contributed by atoms with Gasteiger partial charge in [-0.3, -0.25) is 0 Å². The van der Waals surface area contributed by atoms with Crippen molar-refractivity contribution in [2.24, 2.45) is 16.5 Å². The lowest BCUT2D eigenvalue weighted by atomic mass is 10.3. The zero-order chi connectivity index (χ0) is 14.6. The molecule has 1 aromatic heterocycles. The van der Waals surface area contributed by atoms with Crippen molar-refractivity contribution < 1.29 is 13.2 Å². The van der Waals surface area contributed by atoms with Gasteiger partial charge in [0.05, 0.1) is 0 Å². The first-order chi connectivity index (χ1) is 8.79. The Bertz CT molecular complexity index is 520. The Hall–Kier alpha value is -2.32. The molecule has 104 valence electrons. The second-order valence-electron chi connectivity index (χ2n) is 3.53. The molecule has 0 aliphatic carbocycles. The highest BCUT2D eigenvalue weighted by molar-refractivity contribution is 5.97. The van der Waals surface area contributed by atoms with Crippen LogP contribution in [0.5, 0.6) is 0 Å². The maximum absolute atomic E-state index is 12.6. The van der Waals surface area contributed by atoms with E-state index in [2.05, 4.69) is 20.3 Å². The number of rotatable bonds is 3. The molecule has 0 aromatic carbocycles. The maximum atomic E-state index is 12.6. The van der Waals surface area contributed by atoms with Crippen molar-refractivity contribution in [1.82, 2.24) is 9.97 Å². The van der Waals surface area contributed by atoms with E-state index in [1.165, 1.54) is 13.2 Å². The normalized spacial score (nSPS) is 13.5. The van der Waals surface area contributed by atoms with Crippen molar-refractivity contribution in [3.63, 3.8) is 0 Å². The van der Waals surface area contributed by atoms with Crippen molar-refractivity contribution in [3.05, 3.63) is 23.5 Å². The standard InChI is InChI=1S/C10H13F3N6/c1-5(3-14)7(15)18-9-17-4-6(10(11,12)13)8(16-2)19-9/h3-4H,14H2,1-2H3,(H3,15,16,17,18,19). The van der Waals surface area contributed by atoms with E-state index >= 15 is 0 Å². The summed E-state index contributed by atoms with van der Waals surface area (Å²) in [6.07, 6.45) is -2.67. The number of anilines is 1. The van der Waals surface area contributed by atoms with Crippen LogP contribution in [0.25, 0.3) is 0 Å². The fourth-order valence-corrected chi connectivity index (χ4v) is 1.11. The lowest BCUT2D eigenvalue weighted by molar-refractivity contribution is -0.137. The van der Waals surface area contributed by atoms with Crippen LogP contribution in [0.2, 0.25) is 0 Å². The molecular weight excluding hydrogens is 261 g/mol. The summed E-state index contributed by atoms with van der Waals surface area (Å²) in [7, 11) is 1.32. The monoisotopic (exact) mass is 274 g/mol. The number of hydrogen-bond acceptors (Lipinski definition) is 5. The average Bonchev–Trinajstić information content (AvgIpc) is 2.36. The number of nitrogens with one attached hydrogen (secondary N) is 1. The van der Waals surface area contributed by atoms with Gasteiger partial charge in [-0.05, 0) is 6.92 Å². The minimum Gasteiger partial charge on any atom is -0.404 e. The molecule has 0 aliphatic heterocycles. The van der Waals surface area contributed by atoms with Crippen LogP contribution in [0.1, 0.15) is 12.5 Å². The Labute approximate surface area is 107 Å². The maximum Gasteiger partial charge on any atom is 0.421 e. The van der Waals surface area contributed by atoms with E-state index in [4.69, 9.17) is 11.5 Å². The second-order valence-corrected chi connectivity index (χ2v) is 3.53. The summed E-state index contributed by atoms with van der Waals surface area (Å²) in [4.78, 5) is 10.9. The fraction of sp³-hybridized carbons (Fsp3) is 0.300. The molecule has 0 saturated heterocycles. The third kappa shape index (κ3) is 3.57. The molecule has 0 bridgehead atoms. The van der Waals surface area contributed by atoms with E-state index in [0.717, 1.165) is 0 Å². The lowest BCUT2D eigenvalue weighted by Gasteiger charge is -2.11. The molecule has 0 fully saturated rings. The molecule has 19 heavy (non-hydrogen) atoms. The summed E-state index contributed by atoms with van der Waals surface area (Å²) in [5.41, 5.74) is 10.3. The lowest BCUT2D eigenvalue weighted by Crippen LogP contribution is -2.15. The number of nitrogens with two attached hydrogens (primary N) is 2. The topological polar surface area (TPSA) is 102 Å². The van der Waals surface area contributed by atoms with E-state index in [1.807, 2.05) is 0 Å². The molecule has 0 radical (unpaired) electrons. The first kappa shape index (κ1) is 14.7. The molecule has 0 spiro atoms. The molecule has 5 N–H and O–H groups in total. The predicted molar refractivity (Wildman–Crippen MR) is 65.8 cm³/mol. The van der Waals surface area contributed by atoms with E-state index in [0.29, 0.717) is 11.8 Å². The SMILES string of the molecule is CNc1nc(N=C(N)C(C)=CN)ncc1C(F)(F)F. The van der Waals surface area contributed by atoms with Gasteiger partial charge >= 0.3 is 6.18 Å². The van der Waals surface area contributed by atoms with Gasteiger partial charge in [-0.25, -0.2) is 4.98 Å². The molecule has 0 amide bonds. The minimum absolute atomic E-state index is 0.0318. The van der Waals surface area contributed by atoms with Crippen LogP contribution in [0.15, 0.2) is 23.0 Å². The van der Waals surface area contributed by atoms with E-state index in [9.17, 15) is 13.2 Å². The van der Waals surface area contributed by atoms with Gasteiger partial charge in [0, 0.05) is 25.0 Å². The van der Waals surface area contributed by atoms with E-state index in [-0.39, 0.29) is 17.6 Å².